The molecule has 0 N–H and O–H groups in total. The molecule has 1 aliphatic rings. The molecule has 1 fully saturated rings. The first kappa shape index (κ1) is 20.6. The number of hydrogen-bond acceptors (Lipinski definition) is 5. The molecule has 1 rings (SSSR count). The summed E-state index contributed by atoms with van der Waals surface area (Å²) >= 11 is 13.4. The molecule has 5 nitrogen and oxygen atoms in total. The number of ether oxygens (including phenoxy) is 2. The van der Waals surface area contributed by atoms with E-state index >= 15 is 0 Å². The zero-order chi connectivity index (χ0) is 17.0. The molecule has 0 bridgehead atoms. The van der Waals surface area contributed by atoms with Crippen molar-refractivity contribution < 1.29 is 22.8 Å². The summed E-state index contributed by atoms with van der Waals surface area (Å²) in [5.41, 5.74) is -0.698. The van der Waals surface area contributed by atoms with Gasteiger partial charge in [-0.05, 0) is 19.3 Å². The van der Waals surface area contributed by atoms with Gasteiger partial charge in [0.2, 0.25) is 0 Å². The minimum Gasteiger partial charge on any atom is -0.377 e. The Balaban J connectivity index is 3.42. The first-order valence-electron chi connectivity index (χ1n) is 7.56. The molecule has 8 heteroatoms. The number of rotatable bonds is 8. The maximum absolute atomic E-state index is 6.71. The summed E-state index contributed by atoms with van der Waals surface area (Å²) in [6, 6.07) is 0.612. The monoisotopic (exact) mass is 374 g/mol. The Labute approximate surface area is 144 Å². The van der Waals surface area contributed by atoms with Crippen LogP contribution in [0.2, 0.25) is 6.04 Å². The second-order valence-corrected chi connectivity index (χ2v) is 9.39. The predicted molar refractivity (Wildman–Crippen MR) is 89.3 cm³/mol. The molecule has 0 aromatic heterocycles. The molecule has 1 aliphatic heterocycles. The molecule has 1 saturated heterocycles. The second kappa shape index (κ2) is 8.12. The highest BCUT2D eigenvalue weighted by Gasteiger charge is 2.69. The van der Waals surface area contributed by atoms with Crippen molar-refractivity contribution in [1.82, 2.24) is 0 Å². The van der Waals surface area contributed by atoms with Gasteiger partial charge in [-0.25, -0.2) is 0 Å². The van der Waals surface area contributed by atoms with Gasteiger partial charge >= 0.3 is 8.80 Å². The van der Waals surface area contributed by atoms with E-state index in [-0.39, 0.29) is 10.8 Å². The Morgan fingerprint density at radius 1 is 1.00 bits per heavy atom. The zero-order valence-electron chi connectivity index (χ0n) is 14.3. The number of hydrogen-bond donors (Lipinski definition) is 0. The average Bonchev–Trinajstić information content (AvgIpc) is 2.59. The first-order valence-corrected chi connectivity index (χ1v) is 10.4. The predicted octanol–water partition coefficient (Wildman–Crippen LogP) is 3.61. The largest absolute Gasteiger partial charge is 0.504 e. The fraction of sp³-hybridized carbons (Fsp3) is 1.00. The van der Waals surface area contributed by atoms with E-state index in [4.69, 9.17) is 46.0 Å². The van der Waals surface area contributed by atoms with Crippen LogP contribution >= 0.6 is 23.2 Å². The number of alkyl halides is 2. The van der Waals surface area contributed by atoms with Crippen LogP contribution in [-0.4, -0.2) is 54.0 Å². The fourth-order valence-electron chi connectivity index (χ4n) is 3.40. The summed E-state index contributed by atoms with van der Waals surface area (Å²) in [6.45, 7) is 4.03. The number of methoxy groups -OCH3 is 2. The Morgan fingerprint density at radius 2 is 1.45 bits per heavy atom. The van der Waals surface area contributed by atoms with Crippen LogP contribution < -0.4 is 0 Å². The van der Waals surface area contributed by atoms with Crippen molar-refractivity contribution in [3.05, 3.63) is 0 Å². The molecule has 0 amide bonds. The molecule has 2 unspecified atom stereocenters. The Bertz CT molecular complexity index is 340. The third-order valence-corrected chi connectivity index (χ3v) is 8.78. The molecule has 0 saturated carbocycles. The molecular formula is C14H28Cl2O5Si. The summed E-state index contributed by atoms with van der Waals surface area (Å²) in [7, 11) is 3.34. The van der Waals surface area contributed by atoms with Gasteiger partial charge in [-0.3, -0.25) is 0 Å². The molecule has 2 atom stereocenters. The van der Waals surface area contributed by atoms with E-state index in [1.165, 1.54) is 14.2 Å². The van der Waals surface area contributed by atoms with E-state index in [0.29, 0.717) is 12.5 Å². The molecular weight excluding hydrogens is 347 g/mol. The standard InChI is InChI=1S/C14H28Cl2O5Si/c1-7-11(15)13(12(16)8-2)9-10-22(19-5,20-6)21-14(13,17-3)18-4/h11-12H,7-10H2,1-6H3. The highest BCUT2D eigenvalue weighted by molar-refractivity contribution is 6.61. The van der Waals surface area contributed by atoms with Crippen molar-refractivity contribution in [2.75, 3.05) is 28.4 Å². The van der Waals surface area contributed by atoms with E-state index in [0.717, 1.165) is 12.8 Å². The highest BCUT2D eigenvalue weighted by Crippen LogP contribution is 2.56. The lowest BCUT2D eigenvalue weighted by molar-refractivity contribution is -0.403. The quantitative estimate of drug-likeness (QED) is 0.369. The smallest absolute Gasteiger partial charge is 0.377 e. The van der Waals surface area contributed by atoms with E-state index < -0.39 is 20.2 Å². The van der Waals surface area contributed by atoms with Crippen LogP contribution in [0.15, 0.2) is 0 Å². The average molecular weight is 375 g/mol. The van der Waals surface area contributed by atoms with Crippen molar-refractivity contribution in [3.63, 3.8) is 0 Å². The maximum atomic E-state index is 6.71. The van der Waals surface area contributed by atoms with Crippen LogP contribution in [0.1, 0.15) is 33.1 Å². The lowest BCUT2D eigenvalue weighted by Gasteiger charge is -2.57. The van der Waals surface area contributed by atoms with Crippen LogP contribution in [0.5, 0.6) is 0 Å². The lowest BCUT2D eigenvalue weighted by Crippen LogP contribution is -2.70. The van der Waals surface area contributed by atoms with Gasteiger partial charge in [0, 0.05) is 45.2 Å². The maximum Gasteiger partial charge on any atom is 0.504 e. The summed E-state index contributed by atoms with van der Waals surface area (Å²) in [5, 5.41) is -0.536. The van der Waals surface area contributed by atoms with Crippen LogP contribution in [0.3, 0.4) is 0 Å². The molecule has 0 spiro atoms. The molecule has 0 radical (unpaired) electrons. The topological polar surface area (TPSA) is 46.2 Å². The van der Waals surface area contributed by atoms with E-state index in [2.05, 4.69) is 0 Å². The SMILES string of the molecule is CCC(Cl)C1(C(Cl)CC)CC[Si](OC)(OC)OC1(OC)OC. The minimum absolute atomic E-state index is 0.268. The van der Waals surface area contributed by atoms with Gasteiger partial charge in [0.15, 0.2) is 0 Å². The van der Waals surface area contributed by atoms with Crippen LogP contribution in [-0.2, 0) is 22.8 Å². The first-order chi connectivity index (χ1) is 10.4. The molecule has 1 heterocycles. The second-order valence-electron chi connectivity index (χ2n) is 5.45. The van der Waals surface area contributed by atoms with Crippen molar-refractivity contribution in [1.29, 1.82) is 0 Å². The fourth-order valence-corrected chi connectivity index (χ4v) is 6.59. The van der Waals surface area contributed by atoms with Crippen molar-refractivity contribution in [2.45, 2.75) is 55.9 Å². The normalized spacial score (nSPS) is 30.0. The zero-order valence-corrected chi connectivity index (χ0v) is 16.8. The highest BCUT2D eigenvalue weighted by atomic mass is 35.5. The lowest BCUT2D eigenvalue weighted by atomic mass is 9.73. The third-order valence-electron chi connectivity index (χ3n) is 4.70. The molecule has 22 heavy (non-hydrogen) atoms. The van der Waals surface area contributed by atoms with Gasteiger partial charge in [0.25, 0.3) is 5.97 Å². The van der Waals surface area contributed by atoms with Gasteiger partial charge in [-0.15, -0.1) is 23.2 Å². The Kier molecular flexibility index (Phi) is 7.62. The Morgan fingerprint density at radius 3 is 1.77 bits per heavy atom. The number of halogens is 2. The molecule has 0 aliphatic carbocycles. The Hall–Kier alpha value is 0.597. The van der Waals surface area contributed by atoms with Gasteiger partial charge < -0.3 is 22.8 Å². The van der Waals surface area contributed by atoms with Crippen molar-refractivity contribution >= 4 is 32.0 Å². The van der Waals surface area contributed by atoms with Crippen molar-refractivity contribution in [2.24, 2.45) is 5.41 Å². The molecule has 0 aromatic carbocycles. The minimum atomic E-state index is -2.88. The summed E-state index contributed by atoms with van der Waals surface area (Å²) < 4.78 is 28.7. The van der Waals surface area contributed by atoms with E-state index in [1.54, 1.807) is 14.2 Å². The summed E-state index contributed by atoms with van der Waals surface area (Å²) in [6.07, 6.45) is 2.08. The van der Waals surface area contributed by atoms with E-state index in [9.17, 15) is 0 Å². The molecule has 0 aromatic rings. The van der Waals surface area contributed by atoms with Gasteiger partial charge in [0.1, 0.15) is 0 Å². The summed E-state index contributed by atoms with van der Waals surface area (Å²) in [4.78, 5) is 0. The van der Waals surface area contributed by atoms with Crippen molar-refractivity contribution in [3.8, 4) is 0 Å². The van der Waals surface area contributed by atoms with E-state index in [1.807, 2.05) is 13.8 Å². The summed E-state index contributed by atoms with van der Waals surface area (Å²) in [5.74, 6) is -1.39. The van der Waals surface area contributed by atoms with Crippen LogP contribution in [0.25, 0.3) is 0 Å². The van der Waals surface area contributed by atoms with Gasteiger partial charge in [-0.2, -0.15) is 0 Å². The molecule has 132 valence electrons. The third kappa shape index (κ3) is 3.09. The van der Waals surface area contributed by atoms with Crippen LogP contribution in [0, 0.1) is 5.41 Å². The van der Waals surface area contributed by atoms with Gasteiger partial charge in [0.05, 0.1) is 5.41 Å². The van der Waals surface area contributed by atoms with Crippen LogP contribution in [0.4, 0.5) is 0 Å². The van der Waals surface area contributed by atoms with Gasteiger partial charge in [-0.1, -0.05) is 13.8 Å².